The van der Waals surface area contributed by atoms with Crippen LogP contribution in [0.25, 0.3) is 0 Å². The van der Waals surface area contributed by atoms with Crippen molar-refractivity contribution in [2.45, 2.75) is 51.6 Å². The minimum atomic E-state index is 0.0639. The first-order valence-corrected chi connectivity index (χ1v) is 7.93. The number of ether oxygens (including phenoxy) is 1. The van der Waals surface area contributed by atoms with Gasteiger partial charge in [0.15, 0.2) is 0 Å². The Hall–Kier alpha value is -1.06. The van der Waals surface area contributed by atoms with Gasteiger partial charge in [-0.3, -0.25) is 4.90 Å². The normalized spacial score (nSPS) is 20.9. The van der Waals surface area contributed by atoms with Crippen molar-refractivity contribution in [3.05, 3.63) is 29.8 Å². The fourth-order valence-corrected chi connectivity index (χ4v) is 3.36. The number of likely N-dealkylation sites (N-methyl/N-ethyl adjacent to an activating group) is 1. The molecular formula is C18H30N2O. The van der Waals surface area contributed by atoms with Crippen molar-refractivity contribution in [2.75, 3.05) is 20.7 Å². The molecule has 118 valence electrons. The summed E-state index contributed by atoms with van der Waals surface area (Å²) in [5.41, 5.74) is 7.85. The van der Waals surface area contributed by atoms with Gasteiger partial charge >= 0.3 is 0 Å². The summed E-state index contributed by atoms with van der Waals surface area (Å²) < 4.78 is 5.47. The monoisotopic (exact) mass is 290 g/mol. The summed E-state index contributed by atoms with van der Waals surface area (Å²) in [6.45, 7) is 7.67. The molecule has 1 aromatic carbocycles. The molecular weight excluding hydrogens is 260 g/mol. The molecule has 0 heterocycles. The first kappa shape index (κ1) is 16.3. The van der Waals surface area contributed by atoms with Crippen molar-refractivity contribution in [2.24, 2.45) is 11.1 Å². The third-order valence-corrected chi connectivity index (χ3v) is 5.85. The molecule has 2 atom stereocenters. The number of para-hydroxylation sites is 1. The number of methoxy groups -OCH3 is 1. The molecule has 1 aliphatic carbocycles. The van der Waals surface area contributed by atoms with E-state index in [4.69, 9.17) is 10.5 Å². The summed E-state index contributed by atoms with van der Waals surface area (Å²) >= 11 is 0. The van der Waals surface area contributed by atoms with E-state index in [0.29, 0.717) is 18.0 Å². The molecule has 0 amide bonds. The van der Waals surface area contributed by atoms with Crippen LogP contribution in [-0.2, 0) is 6.42 Å². The van der Waals surface area contributed by atoms with Crippen molar-refractivity contribution in [3.8, 4) is 5.75 Å². The average Bonchev–Trinajstić information content (AvgIpc) is 3.25. The highest BCUT2D eigenvalue weighted by Crippen LogP contribution is 2.55. The highest BCUT2D eigenvalue weighted by atomic mass is 16.5. The lowest BCUT2D eigenvalue weighted by atomic mass is 9.81. The highest BCUT2D eigenvalue weighted by Gasteiger charge is 2.54. The lowest BCUT2D eigenvalue weighted by Gasteiger charge is -2.46. The van der Waals surface area contributed by atoms with Crippen LogP contribution in [0.2, 0.25) is 0 Å². The van der Waals surface area contributed by atoms with Crippen LogP contribution in [0, 0.1) is 5.41 Å². The summed E-state index contributed by atoms with van der Waals surface area (Å²) in [6.07, 6.45) is 3.55. The van der Waals surface area contributed by atoms with E-state index in [0.717, 1.165) is 12.2 Å². The van der Waals surface area contributed by atoms with E-state index in [9.17, 15) is 0 Å². The predicted molar refractivity (Wildman–Crippen MR) is 88.7 cm³/mol. The third kappa shape index (κ3) is 2.95. The van der Waals surface area contributed by atoms with E-state index in [2.05, 4.69) is 44.9 Å². The van der Waals surface area contributed by atoms with E-state index < -0.39 is 0 Å². The van der Waals surface area contributed by atoms with Crippen LogP contribution >= 0.6 is 0 Å². The Bertz CT molecular complexity index is 484. The Morgan fingerprint density at radius 2 is 2.00 bits per heavy atom. The molecule has 1 fully saturated rings. The summed E-state index contributed by atoms with van der Waals surface area (Å²) in [5, 5.41) is 0. The zero-order valence-electron chi connectivity index (χ0n) is 14.1. The Kier molecular flexibility index (Phi) is 4.64. The zero-order valence-corrected chi connectivity index (χ0v) is 14.1. The first-order chi connectivity index (χ1) is 9.88. The summed E-state index contributed by atoms with van der Waals surface area (Å²) in [4.78, 5) is 2.48. The van der Waals surface area contributed by atoms with Gasteiger partial charge in [-0.1, -0.05) is 25.1 Å². The quantitative estimate of drug-likeness (QED) is 0.838. The number of nitrogens with two attached hydrogens (primary N) is 1. The van der Waals surface area contributed by atoms with E-state index in [1.807, 2.05) is 12.1 Å². The van der Waals surface area contributed by atoms with Gasteiger partial charge in [0.2, 0.25) is 0 Å². The van der Waals surface area contributed by atoms with Gasteiger partial charge in [-0.15, -0.1) is 0 Å². The fraction of sp³-hybridized carbons (Fsp3) is 0.667. The number of hydrogen-bond acceptors (Lipinski definition) is 3. The van der Waals surface area contributed by atoms with Crippen molar-refractivity contribution >= 4 is 0 Å². The van der Waals surface area contributed by atoms with Gasteiger partial charge < -0.3 is 10.5 Å². The molecule has 3 nitrogen and oxygen atoms in total. The van der Waals surface area contributed by atoms with Crippen LogP contribution < -0.4 is 10.5 Å². The molecule has 1 aromatic rings. The second kappa shape index (κ2) is 5.98. The van der Waals surface area contributed by atoms with E-state index in [-0.39, 0.29) is 5.54 Å². The standard InChI is InChI=1S/C18H30N2O/c1-14(12-15-8-6-7-9-16(15)21-5)20(4)18(3,13-19)17(2)10-11-17/h6-9,14H,10-13,19H2,1-5H3. The van der Waals surface area contributed by atoms with Crippen LogP contribution in [0.3, 0.4) is 0 Å². The molecule has 0 aliphatic heterocycles. The number of hydrogen-bond donors (Lipinski definition) is 1. The second-order valence-corrected chi connectivity index (χ2v) is 7.01. The summed E-state index contributed by atoms with van der Waals surface area (Å²) in [7, 11) is 3.96. The summed E-state index contributed by atoms with van der Waals surface area (Å²) in [6, 6.07) is 8.71. The van der Waals surface area contributed by atoms with Crippen molar-refractivity contribution in [1.82, 2.24) is 4.90 Å². The second-order valence-electron chi connectivity index (χ2n) is 7.01. The molecule has 2 rings (SSSR count). The fourth-order valence-electron chi connectivity index (χ4n) is 3.36. The maximum atomic E-state index is 6.15. The van der Waals surface area contributed by atoms with Crippen LogP contribution in [0.5, 0.6) is 5.75 Å². The lowest BCUT2D eigenvalue weighted by Crippen LogP contribution is -2.58. The van der Waals surface area contributed by atoms with Crippen LogP contribution in [-0.4, -0.2) is 37.2 Å². The number of rotatable bonds is 7. The molecule has 0 aromatic heterocycles. The van der Waals surface area contributed by atoms with Crippen LogP contribution in [0.4, 0.5) is 0 Å². The Morgan fingerprint density at radius 1 is 1.38 bits per heavy atom. The van der Waals surface area contributed by atoms with Gasteiger partial charge in [-0.05, 0) is 57.2 Å². The Morgan fingerprint density at radius 3 is 2.52 bits per heavy atom. The number of nitrogens with zero attached hydrogens (tertiary/aromatic N) is 1. The first-order valence-electron chi connectivity index (χ1n) is 7.93. The third-order valence-electron chi connectivity index (χ3n) is 5.85. The van der Waals surface area contributed by atoms with E-state index in [1.165, 1.54) is 18.4 Å². The lowest BCUT2D eigenvalue weighted by molar-refractivity contribution is 0.0401. The number of benzene rings is 1. The molecule has 1 aliphatic rings. The maximum absolute atomic E-state index is 6.15. The Labute approximate surface area is 129 Å². The minimum absolute atomic E-state index is 0.0639. The SMILES string of the molecule is COc1ccccc1CC(C)N(C)C(C)(CN)C1(C)CC1. The van der Waals surface area contributed by atoms with E-state index in [1.54, 1.807) is 7.11 Å². The molecule has 0 radical (unpaired) electrons. The molecule has 2 N–H and O–H groups in total. The zero-order chi connectivity index (χ0) is 15.7. The van der Waals surface area contributed by atoms with Crippen molar-refractivity contribution in [3.63, 3.8) is 0 Å². The Balaban J connectivity index is 2.14. The van der Waals surface area contributed by atoms with Gasteiger partial charge in [0.05, 0.1) is 7.11 Å². The van der Waals surface area contributed by atoms with Crippen molar-refractivity contribution < 1.29 is 4.74 Å². The smallest absolute Gasteiger partial charge is 0.122 e. The topological polar surface area (TPSA) is 38.5 Å². The van der Waals surface area contributed by atoms with Crippen LogP contribution in [0.15, 0.2) is 24.3 Å². The van der Waals surface area contributed by atoms with Gasteiger partial charge in [-0.2, -0.15) is 0 Å². The van der Waals surface area contributed by atoms with Crippen molar-refractivity contribution in [1.29, 1.82) is 0 Å². The van der Waals surface area contributed by atoms with Gasteiger partial charge in [0.1, 0.15) is 5.75 Å². The van der Waals surface area contributed by atoms with Crippen LogP contribution in [0.1, 0.15) is 39.2 Å². The molecule has 2 unspecified atom stereocenters. The molecule has 21 heavy (non-hydrogen) atoms. The van der Waals surface area contributed by atoms with E-state index >= 15 is 0 Å². The largest absolute Gasteiger partial charge is 0.496 e. The van der Waals surface area contributed by atoms with Gasteiger partial charge in [0, 0.05) is 18.1 Å². The van der Waals surface area contributed by atoms with Gasteiger partial charge in [0.25, 0.3) is 0 Å². The van der Waals surface area contributed by atoms with Gasteiger partial charge in [-0.25, -0.2) is 0 Å². The maximum Gasteiger partial charge on any atom is 0.122 e. The molecule has 3 heteroatoms. The molecule has 0 spiro atoms. The highest BCUT2D eigenvalue weighted by molar-refractivity contribution is 5.33. The summed E-state index contributed by atoms with van der Waals surface area (Å²) in [5.74, 6) is 0.977. The average molecular weight is 290 g/mol. The minimum Gasteiger partial charge on any atom is -0.496 e. The predicted octanol–water partition coefficient (Wildman–Crippen LogP) is 3.08. The molecule has 1 saturated carbocycles. The molecule has 0 bridgehead atoms. The molecule has 0 saturated heterocycles.